The molecule has 98 valence electrons. The molecule has 1 atom stereocenters. The van der Waals surface area contributed by atoms with Gasteiger partial charge in [-0.05, 0) is 36.5 Å². The van der Waals surface area contributed by atoms with Crippen molar-refractivity contribution in [1.82, 2.24) is 10.6 Å². The number of rotatable bonds is 5. The molecule has 1 aromatic carbocycles. The lowest BCUT2D eigenvalue weighted by Crippen LogP contribution is -2.40. The van der Waals surface area contributed by atoms with Gasteiger partial charge in [0.25, 0.3) is 0 Å². The second kappa shape index (κ2) is 6.07. The van der Waals surface area contributed by atoms with Gasteiger partial charge in [-0.1, -0.05) is 23.7 Å². The van der Waals surface area contributed by atoms with Crippen LogP contribution in [0.15, 0.2) is 24.3 Å². The number of benzene rings is 1. The average molecular weight is 269 g/mol. The minimum absolute atomic E-state index is 0.140. The van der Waals surface area contributed by atoms with E-state index >= 15 is 0 Å². The molecule has 5 heteroatoms. The summed E-state index contributed by atoms with van der Waals surface area (Å²) in [7, 11) is 0. The van der Waals surface area contributed by atoms with Crippen molar-refractivity contribution in [1.29, 1.82) is 0 Å². The van der Waals surface area contributed by atoms with E-state index in [0.717, 1.165) is 5.56 Å². The van der Waals surface area contributed by atoms with Crippen LogP contribution in [0.1, 0.15) is 24.4 Å². The highest BCUT2D eigenvalue weighted by atomic mass is 35.5. The molecule has 0 aliphatic heterocycles. The van der Waals surface area contributed by atoms with Gasteiger partial charge in [0, 0.05) is 11.6 Å². The molecule has 1 saturated carbocycles. The minimum Gasteiger partial charge on any atom is -0.394 e. The van der Waals surface area contributed by atoms with E-state index in [4.69, 9.17) is 11.6 Å². The molecule has 1 aliphatic carbocycles. The number of halogens is 1. The van der Waals surface area contributed by atoms with Crippen molar-refractivity contribution in [3.63, 3.8) is 0 Å². The van der Waals surface area contributed by atoms with Gasteiger partial charge in [0.05, 0.1) is 12.6 Å². The van der Waals surface area contributed by atoms with Crippen LogP contribution < -0.4 is 10.6 Å². The van der Waals surface area contributed by atoms with Crippen LogP contribution in [-0.4, -0.2) is 24.3 Å². The van der Waals surface area contributed by atoms with Crippen molar-refractivity contribution in [2.24, 2.45) is 5.92 Å². The number of hydrogen-bond acceptors (Lipinski definition) is 2. The zero-order valence-electron chi connectivity index (χ0n) is 10.0. The fraction of sp³-hybridized carbons (Fsp3) is 0.462. The molecule has 0 radical (unpaired) electrons. The monoisotopic (exact) mass is 268 g/mol. The SMILES string of the molecule is O=C(NCC1CC1)NC(CO)c1ccc(Cl)cc1. The van der Waals surface area contributed by atoms with Crippen molar-refractivity contribution < 1.29 is 9.90 Å². The lowest BCUT2D eigenvalue weighted by Gasteiger charge is -2.17. The van der Waals surface area contributed by atoms with Crippen molar-refractivity contribution >= 4 is 17.6 Å². The van der Waals surface area contributed by atoms with Crippen molar-refractivity contribution in [2.75, 3.05) is 13.2 Å². The molecule has 4 nitrogen and oxygen atoms in total. The van der Waals surface area contributed by atoms with Crippen LogP contribution in [0.3, 0.4) is 0 Å². The van der Waals surface area contributed by atoms with Gasteiger partial charge in [-0.2, -0.15) is 0 Å². The average Bonchev–Trinajstić information content (AvgIpc) is 3.19. The number of carbonyl (C=O) groups excluding carboxylic acids is 1. The minimum atomic E-state index is -0.401. The van der Waals surface area contributed by atoms with Gasteiger partial charge in [-0.3, -0.25) is 0 Å². The molecule has 1 aromatic rings. The second-order valence-electron chi connectivity index (χ2n) is 4.58. The number of aliphatic hydroxyl groups is 1. The highest BCUT2D eigenvalue weighted by molar-refractivity contribution is 6.30. The Morgan fingerprint density at radius 2 is 2.06 bits per heavy atom. The van der Waals surface area contributed by atoms with Crippen LogP contribution in [0.2, 0.25) is 5.02 Å². The third-order valence-electron chi connectivity index (χ3n) is 3.01. The third kappa shape index (κ3) is 3.89. The number of aliphatic hydroxyl groups excluding tert-OH is 1. The van der Waals surface area contributed by atoms with Gasteiger partial charge in [0.2, 0.25) is 0 Å². The van der Waals surface area contributed by atoms with E-state index in [0.29, 0.717) is 17.5 Å². The van der Waals surface area contributed by atoms with Crippen molar-refractivity contribution in [2.45, 2.75) is 18.9 Å². The predicted octanol–water partition coefficient (Wildman–Crippen LogP) is 2.08. The highest BCUT2D eigenvalue weighted by Crippen LogP contribution is 2.27. The largest absolute Gasteiger partial charge is 0.394 e. The summed E-state index contributed by atoms with van der Waals surface area (Å²) in [5.74, 6) is 0.638. The third-order valence-corrected chi connectivity index (χ3v) is 3.26. The van der Waals surface area contributed by atoms with Crippen molar-refractivity contribution in [3.8, 4) is 0 Å². The highest BCUT2D eigenvalue weighted by Gasteiger charge is 2.22. The van der Waals surface area contributed by atoms with E-state index < -0.39 is 6.04 Å². The maximum Gasteiger partial charge on any atom is 0.315 e. The van der Waals surface area contributed by atoms with E-state index in [1.165, 1.54) is 12.8 Å². The Balaban J connectivity index is 1.87. The molecule has 1 fully saturated rings. The first-order valence-corrected chi connectivity index (χ1v) is 6.47. The fourth-order valence-electron chi connectivity index (χ4n) is 1.70. The fourth-order valence-corrected chi connectivity index (χ4v) is 1.82. The Morgan fingerprint density at radius 3 is 2.61 bits per heavy atom. The Kier molecular flexibility index (Phi) is 4.44. The molecule has 0 spiro atoms. The summed E-state index contributed by atoms with van der Waals surface area (Å²) in [6.07, 6.45) is 2.39. The van der Waals surface area contributed by atoms with Crippen LogP contribution in [0.25, 0.3) is 0 Å². The first-order chi connectivity index (χ1) is 8.69. The summed E-state index contributed by atoms with van der Waals surface area (Å²) >= 11 is 5.79. The number of amides is 2. The Labute approximate surface area is 111 Å². The molecule has 0 heterocycles. The van der Waals surface area contributed by atoms with Crippen LogP contribution in [0, 0.1) is 5.92 Å². The quantitative estimate of drug-likeness (QED) is 0.766. The Bertz CT molecular complexity index is 404. The Hall–Kier alpha value is -1.26. The molecule has 0 bridgehead atoms. The summed E-state index contributed by atoms with van der Waals surface area (Å²) in [6, 6.07) is 6.43. The molecule has 1 aliphatic rings. The lowest BCUT2D eigenvalue weighted by atomic mass is 10.1. The summed E-state index contributed by atoms with van der Waals surface area (Å²) in [4.78, 5) is 11.6. The first kappa shape index (κ1) is 13.2. The van der Waals surface area contributed by atoms with Crippen LogP contribution >= 0.6 is 11.6 Å². The van der Waals surface area contributed by atoms with Crippen LogP contribution in [0.4, 0.5) is 4.79 Å². The van der Waals surface area contributed by atoms with Gasteiger partial charge in [0.1, 0.15) is 0 Å². The van der Waals surface area contributed by atoms with Gasteiger partial charge in [0.15, 0.2) is 0 Å². The van der Waals surface area contributed by atoms with Gasteiger partial charge < -0.3 is 15.7 Å². The predicted molar refractivity (Wildman–Crippen MR) is 70.5 cm³/mol. The molecule has 2 amide bonds. The summed E-state index contributed by atoms with van der Waals surface area (Å²) in [5, 5.41) is 15.5. The van der Waals surface area contributed by atoms with Crippen LogP contribution in [0.5, 0.6) is 0 Å². The van der Waals surface area contributed by atoms with Gasteiger partial charge in [-0.25, -0.2) is 4.79 Å². The van der Waals surface area contributed by atoms with E-state index in [9.17, 15) is 9.90 Å². The summed E-state index contributed by atoms with van der Waals surface area (Å²) < 4.78 is 0. The number of carbonyl (C=O) groups is 1. The number of hydrogen-bond donors (Lipinski definition) is 3. The maximum atomic E-state index is 11.6. The van der Waals surface area contributed by atoms with Gasteiger partial charge >= 0.3 is 6.03 Å². The van der Waals surface area contributed by atoms with E-state index in [-0.39, 0.29) is 12.6 Å². The normalized spacial score (nSPS) is 16.1. The molecular formula is C13H17ClN2O2. The summed E-state index contributed by atoms with van der Waals surface area (Å²) in [5.41, 5.74) is 0.837. The smallest absolute Gasteiger partial charge is 0.315 e. The molecule has 0 aromatic heterocycles. The van der Waals surface area contributed by atoms with E-state index in [2.05, 4.69) is 10.6 Å². The molecule has 18 heavy (non-hydrogen) atoms. The molecule has 1 unspecified atom stereocenters. The maximum absolute atomic E-state index is 11.6. The zero-order chi connectivity index (χ0) is 13.0. The molecule has 3 N–H and O–H groups in total. The topological polar surface area (TPSA) is 61.4 Å². The zero-order valence-corrected chi connectivity index (χ0v) is 10.8. The van der Waals surface area contributed by atoms with Crippen LogP contribution in [-0.2, 0) is 0 Å². The standard InChI is InChI=1S/C13H17ClN2O2/c14-11-5-3-10(4-6-11)12(8-17)16-13(18)15-7-9-1-2-9/h3-6,9,12,17H,1-2,7-8H2,(H2,15,16,18). The van der Waals surface area contributed by atoms with E-state index in [1.807, 2.05) is 0 Å². The Morgan fingerprint density at radius 1 is 1.39 bits per heavy atom. The van der Waals surface area contributed by atoms with Gasteiger partial charge in [-0.15, -0.1) is 0 Å². The van der Waals surface area contributed by atoms with E-state index in [1.54, 1.807) is 24.3 Å². The number of nitrogens with one attached hydrogen (secondary N) is 2. The molecule has 0 saturated heterocycles. The number of urea groups is 1. The first-order valence-electron chi connectivity index (χ1n) is 6.09. The molecule has 2 rings (SSSR count). The van der Waals surface area contributed by atoms with Crippen molar-refractivity contribution in [3.05, 3.63) is 34.9 Å². The summed E-state index contributed by atoms with van der Waals surface area (Å²) in [6.45, 7) is 0.573. The molecular weight excluding hydrogens is 252 g/mol. The lowest BCUT2D eigenvalue weighted by molar-refractivity contribution is 0.216. The second-order valence-corrected chi connectivity index (χ2v) is 5.02.